The van der Waals surface area contributed by atoms with Crippen LogP contribution in [-0.4, -0.2) is 59.5 Å². The standard InChI is InChI=1S/C19H28N2O3/c1-3-20(4-2)12-6-14-21-13-5-7-17(18(21)22)15-8-10-16(11-9-15)19(23)24/h8-11,17H,3-7,12-14H2,1-2H3,(H,23,24). The van der Waals surface area contributed by atoms with Crippen molar-refractivity contribution in [3.8, 4) is 0 Å². The molecule has 0 radical (unpaired) electrons. The van der Waals surface area contributed by atoms with Crippen LogP contribution in [0.1, 0.15) is 54.9 Å². The molecule has 1 aromatic carbocycles. The highest BCUT2D eigenvalue weighted by Gasteiger charge is 2.29. The van der Waals surface area contributed by atoms with Crippen molar-refractivity contribution in [1.82, 2.24) is 9.80 Å². The maximum absolute atomic E-state index is 12.8. The van der Waals surface area contributed by atoms with Crippen LogP contribution in [-0.2, 0) is 4.79 Å². The number of carbonyl (C=O) groups is 2. The number of likely N-dealkylation sites (tertiary alicyclic amines) is 1. The number of carboxylic acid groups (broad SMARTS) is 1. The molecule has 5 nitrogen and oxygen atoms in total. The molecule has 0 saturated carbocycles. The zero-order valence-electron chi connectivity index (χ0n) is 14.7. The van der Waals surface area contributed by atoms with E-state index in [0.717, 1.165) is 57.5 Å². The lowest BCUT2D eigenvalue weighted by Gasteiger charge is -2.33. The average molecular weight is 332 g/mol. The van der Waals surface area contributed by atoms with Crippen molar-refractivity contribution in [1.29, 1.82) is 0 Å². The van der Waals surface area contributed by atoms with Gasteiger partial charge in [0.2, 0.25) is 5.91 Å². The van der Waals surface area contributed by atoms with Gasteiger partial charge in [-0.3, -0.25) is 4.79 Å². The van der Waals surface area contributed by atoms with E-state index in [2.05, 4.69) is 18.7 Å². The van der Waals surface area contributed by atoms with Crippen LogP contribution in [0, 0.1) is 0 Å². The lowest BCUT2D eigenvalue weighted by molar-refractivity contribution is -0.135. The van der Waals surface area contributed by atoms with E-state index in [1.54, 1.807) is 24.3 Å². The number of aromatic carboxylic acids is 1. The Kier molecular flexibility index (Phi) is 6.79. The summed E-state index contributed by atoms with van der Waals surface area (Å²) in [4.78, 5) is 28.1. The predicted molar refractivity (Wildman–Crippen MR) is 94.4 cm³/mol. The van der Waals surface area contributed by atoms with Crippen molar-refractivity contribution in [2.45, 2.75) is 39.0 Å². The third-order valence-electron chi connectivity index (χ3n) is 4.89. The summed E-state index contributed by atoms with van der Waals surface area (Å²) in [5, 5.41) is 8.98. The molecule has 1 aliphatic rings. The molecule has 0 aliphatic carbocycles. The predicted octanol–water partition coefficient (Wildman–Crippen LogP) is 2.82. The molecule has 1 unspecified atom stereocenters. The molecule has 1 heterocycles. The van der Waals surface area contributed by atoms with Crippen molar-refractivity contribution in [3.63, 3.8) is 0 Å². The first-order valence-corrected chi connectivity index (χ1v) is 8.91. The Hall–Kier alpha value is -1.88. The van der Waals surface area contributed by atoms with E-state index in [-0.39, 0.29) is 17.4 Å². The minimum Gasteiger partial charge on any atom is -0.478 e. The van der Waals surface area contributed by atoms with Crippen LogP contribution in [0.5, 0.6) is 0 Å². The van der Waals surface area contributed by atoms with E-state index in [1.165, 1.54) is 0 Å². The maximum atomic E-state index is 12.8. The quantitative estimate of drug-likeness (QED) is 0.795. The first-order chi connectivity index (χ1) is 11.6. The second-order valence-corrected chi connectivity index (χ2v) is 6.33. The highest BCUT2D eigenvalue weighted by Crippen LogP contribution is 2.28. The summed E-state index contributed by atoms with van der Waals surface area (Å²) in [7, 11) is 0. The van der Waals surface area contributed by atoms with Crippen molar-refractivity contribution in [3.05, 3.63) is 35.4 Å². The van der Waals surface area contributed by atoms with Gasteiger partial charge in [0, 0.05) is 13.1 Å². The molecule has 2 rings (SSSR count). The van der Waals surface area contributed by atoms with Gasteiger partial charge in [0.1, 0.15) is 0 Å². The lowest BCUT2D eigenvalue weighted by Crippen LogP contribution is -2.41. The van der Waals surface area contributed by atoms with Gasteiger partial charge in [-0.15, -0.1) is 0 Å². The Balaban J connectivity index is 1.95. The van der Waals surface area contributed by atoms with E-state index in [4.69, 9.17) is 5.11 Å². The highest BCUT2D eigenvalue weighted by molar-refractivity contribution is 5.88. The Bertz CT molecular complexity index is 552. The molecular formula is C19H28N2O3. The van der Waals surface area contributed by atoms with Gasteiger partial charge in [-0.2, -0.15) is 0 Å². The first-order valence-electron chi connectivity index (χ1n) is 8.91. The second-order valence-electron chi connectivity index (χ2n) is 6.33. The van der Waals surface area contributed by atoms with Crippen LogP contribution in [0.4, 0.5) is 0 Å². The molecule has 5 heteroatoms. The van der Waals surface area contributed by atoms with Crippen LogP contribution < -0.4 is 0 Å². The molecule has 1 N–H and O–H groups in total. The van der Waals surface area contributed by atoms with Crippen molar-refractivity contribution in [2.24, 2.45) is 0 Å². The molecule has 1 aliphatic heterocycles. The summed E-state index contributed by atoms with van der Waals surface area (Å²) in [6, 6.07) is 6.74. The summed E-state index contributed by atoms with van der Waals surface area (Å²) >= 11 is 0. The van der Waals surface area contributed by atoms with E-state index >= 15 is 0 Å². The molecular weight excluding hydrogens is 304 g/mol. The average Bonchev–Trinajstić information content (AvgIpc) is 2.60. The van der Waals surface area contributed by atoms with Crippen LogP contribution in [0.3, 0.4) is 0 Å². The van der Waals surface area contributed by atoms with Crippen LogP contribution in [0.15, 0.2) is 24.3 Å². The summed E-state index contributed by atoms with van der Waals surface area (Å²) in [5.74, 6) is -0.881. The fraction of sp³-hybridized carbons (Fsp3) is 0.579. The molecule has 0 spiro atoms. The van der Waals surface area contributed by atoms with Crippen LogP contribution >= 0.6 is 0 Å². The van der Waals surface area contributed by atoms with Gasteiger partial charge < -0.3 is 14.9 Å². The Morgan fingerprint density at radius 2 is 1.92 bits per heavy atom. The number of piperidine rings is 1. The summed E-state index contributed by atoms with van der Waals surface area (Å²) in [5.41, 5.74) is 1.19. The first kappa shape index (κ1) is 18.5. The summed E-state index contributed by atoms with van der Waals surface area (Å²) < 4.78 is 0. The SMILES string of the molecule is CCN(CC)CCCN1CCCC(c2ccc(C(=O)O)cc2)C1=O. The Morgan fingerprint density at radius 1 is 1.25 bits per heavy atom. The van der Waals surface area contributed by atoms with E-state index in [0.29, 0.717) is 0 Å². The minimum atomic E-state index is -0.936. The molecule has 1 aromatic rings. The number of carbonyl (C=O) groups excluding carboxylic acids is 1. The Labute approximate surface area is 144 Å². The number of carboxylic acids is 1. The van der Waals surface area contributed by atoms with Gasteiger partial charge in [0.25, 0.3) is 0 Å². The fourth-order valence-corrected chi connectivity index (χ4v) is 3.35. The number of hydrogen-bond donors (Lipinski definition) is 1. The second kappa shape index (κ2) is 8.83. The molecule has 1 atom stereocenters. The smallest absolute Gasteiger partial charge is 0.335 e. The van der Waals surface area contributed by atoms with E-state index < -0.39 is 5.97 Å². The normalized spacial score (nSPS) is 18.2. The zero-order valence-corrected chi connectivity index (χ0v) is 14.7. The monoisotopic (exact) mass is 332 g/mol. The lowest BCUT2D eigenvalue weighted by atomic mass is 9.89. The van der Waals surface area contributed by atoms with Crippen LogP contribution in [0.25, 0.3) is 0 Å². The molecule has 24 heavy (non-hydrogen) atoms. The van der Waals surface area contributed by atoms with Crippen molar-refractivity contribution >= 4 is 11.9 Å². The van der Waals surface area contributed by atoms with Crippen molar-refractivity contribution in [2.75, 3.05) is 32.7 Å². The molecule has 1 amide bonds. The zero-order chi connectivity index (χ0) is 17.5. The number of nitrogens with zero attached hydrogens (tertiary/aromatic N) is 2. The molecule has 0 bridgehead atoms. The molecule has 1 saturated heterocycles. The highest BCUT2D eigenvalue weighted by atomic mass is 16.4. The number of amides is 1. The molecule has 1 fully saturated rings. The van der Waals surface area contributed by atoms with E-state index in [9.17, 15) is 9.59 Å². The van der Waals surface area contributed by atoms with Gasteiger partial charge in [-0.05, 0) is 56.6 Å². The van der Waals surface area contributed by atoms with Crippen molar-refractivity contribution < 1.29 is 14.7 Å². The largest absolute Gasteiger partial charge is 0.478 e. The number of benzene rings is 1. The maximum Gasteiger partial charge on any atom is 0.335 e. The van der Waals surface area contributed by atoms with Gasteiger partial charge in [-0.1, -0.05) is 26.0 Å². The topological polar surface area (TPSA) is 60.9 Å². The van der Waals surface area contributed by atoms with Gasteiger partial charge in [0.15, 0.2) is 0 Å². The number of rotatable bonds is 8. The molecule has 132 valence electrons. The Morgan fingerprint density at radius 3 is 2.50 bits per heavy atom. The molecule has 0 aromatic heterocycles. The van der Waals surface area contributed by atoms with E-state index in [1.807, 2.05) is 4.90 Å². The van der Waals surface area contributed by atoms with Gasteiger partial charge >= 0.3 is 5.97 Å². The number of hydrogen-bond acceptors (Lipinski definition) is 3. The minimum absolute atomic E-state index is 0.130. The van der Waals surface area contributed by atoms with Gasteiger partial charge in [0.05, 0.1) is 11.5 Å². The fourth-order valence-electron chi connectivity index (χ4n) is 3.35. The third-order valence-corrected chi connectivity index (χ3v) is 4.89. The summed E-state index contributed by atoms with van der Waals surface area (Å²) in [6.45, 7) is 9.07. The third kappa shape index (κ3) is 4.57. The van der Waals surface area contributed by atoms with Crippen LogP contribution in [0.2, 0.25) is 0 Å². The summed E-state index contributed by atoms with van der Waals surface area (Å²) in [6.07, 6.45) is 2.85. The van der Waals surface area contributed by atoms with Gasteiger partial charge in [-0.25, -0.2) is 4.79 Å².